The van der Waals surface area contributed by atoms with Gasteiger partial charge >= 0.3 is 12.1 Å². The van der Waals surface area contributed by atoms with Crippen molar-refractivity contribution in [1.82, 2.24) is 5.32 Å². The number of alkyl carbamates (subject to hydrolysis) is 1. The maximum absolute atomic E-state index is 13.5. The van der Waals surface area contributed by atoms with Gasteiger partial charge < -0.3 is 23.8 Å². The van der Waals surface area contributed by atoms with E-state index in [4.69, 9.17) is 13.6 Å². The Bertz CT molecular complexity index is 1010. The molecule has 0 spiro atoms. The zero-order valence-electron chi connectivity index (χ0n) is 26.8. The third kappa shape index (κ3) is 9.35. The number of benzene rings is 1. The van der Waals surface area contributed by atoms with Crippen LogP contribution in [0.15, 0.2) is 18.2 Å². The molecular formula is C30H54N2O5Si2. The largest absolute Gasteiger partial charge is 0.516 e. The van der Waals surface area contributed by atoms with Crippen LogP contribution in [-0.2, 0) is 20.2 Å². The average molecular weight is 579 g/mol. The van der Waals surface area contributed by atoms with Crippen LogP contribution in [0, 0.1) is 0 Å². The number of amides is 1. The lowest BCUT2D eigenvalue weighted by Gasteiger charge is -2.37. The Balaban J connectivity index is 2.25. The van der Waals surface area contributed by atoms with E-state index in [-0.39, 0.29) is 28.2 Å². The lowest BCUT2D eigenvalue weighted by atomic mass is 10.0. The molecule has 1 aliphatic rings. The lowest BCUT2D eigenvalue weighted by molar-refractivity contribution is 0.0496. The van der Waals surface area contributed by atoms with Crippen molar-refractivity contribution in [2.45, 2.75) is 130 Å². The van der Waals surface area contributed by atoms with Crippen LogP contribution in [0.5, 0.6) is 0 Å². The smallest absolute Gasteiger partial charge is 0.407 e. The minimum absolute atomic E-state index is 0.0649. The summed E-state index contributed by atoms with van der Waals surface area (Å²) in [5.74, 6) is -0.262. The number of piperidine rings is 1. The van der Waals surface area contributed by atoms with E-state index in [0.717, 1.165) is 37.2 Å². The molecule has 2 rings (SSSR count). The van der Waals surface area contributed by atoms with Crippen molar-refractivity contribution in [3.63, 3.8) is 0 Å². The normalized spacial score (nSPS) is 16.2. The second kappa shape index (κ2) is 11.9. The number of carbonyl (C=O) groups is 2. The topological polar surface area (TPSA) is 77.1 Å². The van der Waals surface area contributed by atoms with Crippen molar-refractivity contribution in [3.05, 3.63) is 29.3 Å². The predicted molar refractivity (Wildman–Crippen MR) is 166 cm³/mol. The number of nitrogens with one attached hydrogen (secondary N) is 1. The summed E-state index contributed by atoms with van der Waals surface area (Å²) in [6.07, 6.45) is 1.28. The van der Waals surface area contributed by atoms with Gasteiger partial charge in [0.15, 0.2) is 8.32 Å². The molecule has 39 heavy (non-hydrogen) atoms. The summed E-state index contributed by atoms with van der Waals surface area (Å²) in [4.78, 5) is 28.0. The van der Waals surface area contributed by atoms with E-state index in [2.05, 4.69) is 84.0 Å². The molecule has 1 aliphatic heterocycles. The number of rotatable bonds is 7. The van der Waals surface area contributed by atoms with Crippen LogP contribution in [0.1, 0.15) is 91.1 Å². The van der Waals surface area contributed by atoms with Gasteiger partial charge in [-0.15, -0.1) is 0 Å². The molecule has 1 fully saturated rings. The van der Waals surface area contributed by atoms with Crippen molar-refractivity contribution in [2.75, 3.05) is 18.0 Å². The first-order chi connectivity index (χ1) is 17.5. The molecule has 0 aromatic heterocycles. The second-order valence-electron chi connectivity index (χ2n) is 14.9. The lowest BCUT2D eigenvalue weighted by Crippen LogP contribution is -2.46. The maximum atomic E-state index is 13.5. The van der Waals surface area contributed by atoms with E-state index in [1.165, 1.54) is 0 Å². The van der Waals surface area contributed by atoms with Gasteiger partial charge in [0.05, 0.1) is 12.2 Å². The summed E-state index contributed by atoms with van der Waals surface area (Å²) in [6.45, 7) is 29.3. The highest BCUT2D eigenvalue weighted by Gasteiger charge is 2.41. The number of nitrogens with zero attached hydrogens (tertiary/aromatic N) is 1. The zero-order valence-corrected chi connectivity index (χ0v) is 28.8. The van der Waals surface area contributed by atoms with Gasteiger partial charge in [-0.05, 0) is 93.6 Å². The van der Waals surface area contributed by atoms with Gasteiger partial charge in [0.2, 0.25) is 0 Å². The average Bonchev–Trinajstić information content (AvgIpc) is 2.75. The molecule has 0 unspecified atom stereocenters. The molecule has 9 heteroatoms. The fourth-order valence-corrected chi connectivity index (χ4v) is 5.60. The number of hydrogen-bond donors (Lipinski definition) is 1. The fraction of sp³-hybridized carbons (Fsp3) is 0.733. The molecule has 1 amide bonds. The first-order valence-corrected chi connectivity index (χ1v) is 20.1. The van der Waals surface area contributed by atoms with Gasteiger partial charge in [0.25, 0.3) is 8.32 Å². The minimum atomic E-state index is -2.28. The zero-order chi connectivity index (χ0) is 30.0. The van der Waals surface area contributed by atoms with Crippen LogP contribution in [0.4, 0.5) is 10.5 Å². The number of anilines is 1. The highest BCUT2D eigenvalue weighted by molar-refractivity contribution is 6.75. The van der Waals surface area contributed by atoms with Gasteiger partial charge in [-0.1, -0.05) is 41.5 Å². The highest BCUT2D eigenvalue weighted by Crippen LogP contribution is 2.39. The Labute approximate surface area is 239 Å². The molecular weight excluding hydrogens is 525 g/mol. The summed E-state index contributed by atoms with van der Waals surface area (Å²) in [5.41, 5.74) is 2.00. The highest BCUT2D eigenvalue weighted by atomic mass is 28.4. The summed E-state index contributed by atoms with van der Waals surface area (Å²) in [7, 11) is -4.31. The minimum Gasteiger partial charge on any atom is -0.516 e. The molecule has 0 aliphatic carbocycles. The van der Waals surface area contributed by atoms with E-state index in [9.17, 15) is 9.59 Å². The van der Waals surface area contributed by atoms with Crippen LogP contribution < -0.4 is 10.2 Å². The monoisotopic (exact) mass is 578 g/mol. The van der Waals surface area contributed by atoms with Gasteiger partial charge in [0.1, 0.15) is 5.60 Å². The Morgan fingerprint density at radius 3 is 1.92 bits per heavy atom. The van der Waals surface area contributed by atoms with Crippen molar-refractivity contribution in [3.8, 4) is 0 Å². The molecule has 0 atom stereocenters. The van der Waals surface area contributed by atoms with E-state index < -0.39 is 22.2 Å². The van der Waals surface area contributed by atoms with Gasteiger partial charge in [-0.25, -0.2) is 9.59 Å². The van der Waals surface area contributed by atoms with Gasteiger partial charge in [0, 0.05) is 24.8 Å². The van der Waals surface area contributed by atoms with Gasteiger partial charge in [-0.2, -0.15) is 0 Å². The molecule has 0 bridgehead atoms. The Morgan fingerprint density at radius 2 is 1.44 bits per heavy atom. The number of ether oxygens (including phenoxy) is 1. The Hall–Kier alpha value is -1.85. The molecule has 1 heterocycles. The predicted octanol–water partition coefficient (Wildman–Crippen LogP) is 7.86. The molecule has 0 saturated carbocycles. The molecule has 1 N–H and O–H groups in total. The summed E-state index contributed by atoms with van der Waals surface area (Å²) >= 11 is 0. The van der Waals surface area contributed by atoms with Crippen molar-refractivity contribution in [1.29, 1.82) is 0 Å². The van der Waals surface area contributed by atoms with Crippen LogP contribution in [-0.4, -0.2) is 53.4 Å². The summed E-state index contributed by atoms with van der Waals surface area (Å²) in [5, 5.41) is 3.00. The van der Waals surface area contributed by atoms with E-state index >= 15 is 0 Å². The van der Waals surface area contributed by atoms with E-state index in [0.29, 0.717) is 12.2 Å². The standard InChI is InChI=1S/C30H54N2O5Si2/c1-28(2,3)36-27(34)31-23-16-18-32(19-17-23)24-14-15-25(26(33)37-39(12,13)30(7,8)9)22(20-24)21-35-38(10,11)29(4,5)6/h14-15,20,23H,16-19,21H2,1-13H3,(H,31,34). The first-order valence-electron chi connectivity index (χ1n) is 14.3. The molecule has 1 aromatic carbocycles. The van der Waals surface area contributed by atoms with Crippen LogP contribution in [0.3, 0.4) is 0 Å². The third-order valence-electron chi connectivity index (χ3n) is 8.44. The summed E-state index contributed by atoms with van der Waals surface area (Å²) in [6, 6.07) is 6.09. The summed E-state index contributed by atoms with van der Waals surface area (Å²) < 4.78 is 18.2. The maximum Gasteiger partial charge on any atom is 0.407 e. The quantitative estimate of drug-likeness (QED) is 0.332. The fourth-order valence-electron chi connectivity index (χ4n) is 3.77. The molecule has 1 saturated heterocycles. The molecule has 0 radical (unpaired) electrons. The second-order valence-corrected chi connectivity index (χ2v) is 24.5. The number of carbonyl (C=O) groups excluding carboxylic acids is 2. The van der Waals surface area contributed by atoms with Crippen molar-refractivity contribution < 1.29 is 23.2 Å². The molecule has 222 valence electrons. The Kier molecular flexibility index (Phi) is 10.2. The van der Waals surface area contributed by atoms with Crippen LogP contribution in [0.2, 0.25) is 36.3 Å². The third-order valence-corrected chi connectivity index (χ3v) is 17.2. The van der Waals surface area contributed by atoms with E-state index in [1.54, 1.807) is 0 Å². The Morgan fingerprint density at radius 1 is 0.897 bits per heavy atom. The van der Waals surface area contributed by atoms with Crippen molar-refractivity contribution >= 4 is 34.4 Å². The van der Waals surface area contributed by atoms with Crippen LogP contribution >= 0.6 is 0 Å². The molecule has 1 aromatic rings. The number of hydrogen-bond acceptors (Lipinski definition) is 6. The van der Waals surface area contributed by atoms with Gasteiger partial charge in [-0.3, -0.25) is 0 Å². The molecule has 7 nitrogen and oxygen atoms in total. The van der Waals surface area contributed by atoms with Crippen molar-refractivity contribution in [2.24, 2.45) is 0 Å². The van der Waals surface area contributed by atoms with E-state index in [1.807, 2.05) is 32.9 Å². The van der Waals surface area contributed by atoms with Crippen LogP contribution in [0.25, 0.3) is 0 Å². The SMILES string of the molecule is CC(C)(C)OC(=O)NC1CCN(c2ccc(C(=O)O[Si](C)(C)C(C)(C)C)c(CO[Si](C)(C)C(C)(C)C)c2)CC1. The first kappa shape index (κ1) is 33.4.